The standard InChI is InChI=1S/C13H17N5O2/c1-20-12-4-2-3-11(7-12)17-13(19)15-5-6-18-9-10(14)8-16-18/h2-4,7-9H,5-6,14H2,1H3,(H2,15,17,19). The first-order valence-electron chi connectivity index (χ1n) is 6.14. The van der Waals surface area contributed by atoms with Crippen LogP contribution in [0.5, 0.6) is 5.75 Å². The Balaban J connectivity index is 1.77. The molecule has 0 saturated carbocycles. The lowest BCUT2D eigenvalue weighted by molar-refractivity contribution is 0.251. The van der Waals surface area contributed by atoms with Crippen molar-refractivity contribution in [3.8, 4) is 5.75 Å². The summed E-state index contributed by atoms with van der Waals surface area (Å²) in [6, 6.07) is 6.87. The van der Waals surface area contributed by atoms with Crippen LogP contribution in [0, 0.1) is 0 Å². The first-order chi connectivity index (χ1) is 9.67. The van der Waals surface area contributed by atoms with Crippen molar-refractivity contribution < 1.29 is 9.53 Å². The second kappa shape index (κ2) is 6.46. The van der Waals surface area contributed by atoms with Gasteiger partial charge in [-0.3, -0.25) is 4.68 Å². The lowest BCUT2D eigenvalue weighted by Gasteiger charge is -2.08. The Morgan fingerprint density at radius 3 is 3.05 bits per heavy atom. The van der Waals surface area contributed by atoms with E-state index in [1.54, 1.807) is 42.4 Å². The molecule has 0 fully saturated rings. The van der Waals surface area contributed by atoms with E-state index in [4.69, 9.17) is 10.5 Å². The van der Waals surface area contributed by atoms with Crippen molar-refractivity contribution in [1.29, 1.82) is 0 Å². The molecule has 0 aliphatic rings. The normalized spacial score (nSPS) is 10.1. The molecule has 2 rings (SSSR count). The number of aromatic nitrogens is 2. The minimum absolute atomic E-state index is 0.279. The van der Waals surface area contributed by atoms with E-state index >= 15 is 0 Å². The topological polar surface area (TPSA) is 94.2 Å². The Morgan fingerprint density at radius 1 is 1.50 bits per heavy atom. The molecule has 106 valence electrons. The van der Waals surface area contributed by atoms with E-state index in [9.17, 15) is 4.79 Å². The van der Waals surface area contributed by atoms with E-state index < -0.39 is 0 Å². The molecule has 1 heterocycles. The maximum atomic E-state index is 11.7. The molecule has 7 heteroatoms. The molecule has 0 radical (unpaired) electrons. The molecule has 0 spiro atoms. The Labute approximate surface area is 116 Å². The number of carbonyl (C=O) groups excluding carboxylic acids is 1. The molecule has 7 nitrogen and oxygen atoms in total. The van der Waals surface area contributed by atoms with Crippen LogP contribution in [0.3, 0.4) is 0 Å². The summed E-state index contributed by atoms with van der Waals surface area (Å²) in [7, 11) is 1.58. The average Bonchev–Trinajstić information content (AvgIpc) is 2.84. The van der Waals surface area contributed by atoms with Crippen molar-refractivity contribution in [1.82, 2.24) is 15.1 Å². The molecule has 2 amide bonds. The maximum absolute atomic E-state index is 11.7. The predicted molar refractivity (Wildman–Crippen MR) is 76.7 cm³/mol. The van der Waals surface area contributed by atoms with Crippen LogP contribution in [0.15, 0.2) is 36.7 Å². The molecule has 0 atom stereocenters. The third kappa shape index (κ3) is 3.91. The van der Waals surface area contributed by atoms with Crippen LogP contribution in [-0.4, -0.2) is 29.5 Å². The molecular weight excluding hydrogens is 258 g/mol. The van der Waals surface area contributed by atoms with Gasteiger partial charge in [-0.15, -0.1) is 0 Å². The number of ether oxygens (including phenoxy) is 1. The van der Waals surface area contributed by atoms with Crippen LogP contribution in [0.25, 0.3) is 0 Å². The zero-order valence-electron chi connectivity index (χ0n) is 11.2. The first kappa shape index (κ1) is 13.7. The SMILES string of the molecule is COc1cccc(NC(=O)NCCn2cc(N)cn2)c1. The monoisotopic (exact) mass is 275 g/mol. The lowest BCUT2D eigenvalue weighted by atomic mass is 10.3. The Bertz CT molecular complexity index is 582. The number of rotatable bonds is 5. The zero-order chi connectivity index (χ0) is 14.4. The second-order valence-electron chi connectivity index (χ2n) is 4.15. The van der Waals surface area contributed by atoms with Gasteiger partial charge in [-0.1, -0.05) is 6.07 Å². The summed E-state index contributed by atoms with van der Waals surface area (Å²) in [5.74, 6) is 0.690. The summed E-state index contributed by atoms with van der Waals surface area (Å²) in [4.78, 5) is 11.7. The van der Waals surface area contributed by atoms with E-state index in [0.717, 1.165) is 0 Å². The van der Waals surface area contributed by atoms with Crippen LogP contribution >= 0.6 is 0 Å². The molecule has 0 aliphatic carbocycles. The van der Waals surface area contributed by atoms with E-state index in [1.165, 1.54) is 0 Å². The fourth-order valence-corrected chi connectivity index (χ4v) is 1.66. The summed E-state index contributed by atoms with van der Waals surface area (Å²) >= 11 is 0. The largest absolute Gasteiger partial charge is 0.497 e. The van der Waals surface area contributed by atoms with Gasteiger partial charge in [0.15, 0.2) is 0 Å². The number of nitrogens with one attached hydrogen (secondary N) is 2. The number of amides is 2. The number of hydrogen-bond donors (Lipinski definition) is 3. The highest BCUT2D eigenvalue weighted by atomic mass is 16.5. The highest BCUT2D eigenvalue weighted by Gasteiger charge is 2.02. The molecule has 0 unspecified atom stereocenters. The number of urea groups is 1. The van der Waals surface area contributed by atoms with Gasteiger partial charge in [-0.25, -0.2) is 4.79 Å². The number of nitrogens with two attached hydrogens (primary N) is 1. The molecule has 1 aromatic heterocycles. The summed E-state index contributed by atoms with van der Waals surface area (Å²) in [5.41, 5.74) is 6.82. The molecule has 0 bridgehead atoms. The number of methoxy groups -OCH3 is 1. The van der Waals surface area contributed by atoms with Gasteiger partial charge >= 0.3 is 6.03 Å². The predicted octanol–water partition coefficient (Wildman–Crippen LogP) is 1.30. The quantitative estimate of drug-likeness (QED) is 0.766. The van der Waals surface area contributed by atoms with Crippen molar-refractivity contribution >= 4 is 17.4 Å². The minimum Gasteiger partial charge on any atom is -0.497 e. The van der Waals surface area contributed by atoms with E-state index in [1.807, 2.05) is 6.07 Å². The smallest absolute Gasteiger partial charge is 0.319 e. The molecule has 2 aromatic rings. The summed E-state index contributed by atoms with van der Waals surface area (Å²) < 4.78 is 6.75. The van der Waals surface area contributed by atoms with E-state index in [-0.39, 0.29) is 6.03 Å². The van der Waals surface area contributed by atoms with Crippen LogP contribution < -0.4 is 21.1 Å². The average molecular weight is 275 g/mol. The minimum atomic E-state index is -0.279. The lowest BCUT2D eigenvalue weighted by Crippen LogP contribution is -2.31. The number of anilines is 2. The number of benzene rings is 1. The Hall–Kier alpha value is -2.70. The van der Waals surface area contributed by atoms with Crippen LogP contribution in [0.1, 0.15) is 0 Å². The van der Waals surface area contributed by atoms with Crippen molar-refractivity contribution in [3.63, 3.8) is 0 Å². The molecule has 4 N–H and O–H groups in total. The van der Waals surface area contributed by atoms with Gasteiger partial charge in [0.1, 0.15) is 5.75 Å². The second-order valence-corrected chi connectivity index (χ2v) is 4.15. The molecular formula is C13H17N5O2. The van der Waals surface area contributed by atoms with Crippen molar-refractivity contribution in [3.05, 3.63) is 36.7 Å². The van der Waals surface area contributed by atoms with Crippen LogP contribution in [-0.2, 0) is 6.54 Å². The Kier molecular flexibility index (Phi) is 4.43. The van der Waals surface area contributed by atoms with Gasteiger partial charge in [0, 0.05) is 24.5 Å². The van der Waals surface area contributed by atoms with Gasteiger partial charge in [-0.05, 0) is 12.1 Å². The third-order valence-electron chi connectivity index (χ3n) is 2.61. The van der Waals surface area contributed by atoms with Gasteiger partial charge in [0.25, 0.3) is 0 Å². The first-order valence-corrected chi connectivity index (χ1v) is 6.14. The van der Waals surface area contributed by atoms with Gasteiger partial charge < -0.3 is 21.1 Å². The number of carbonyl (C=O) groups is 1. The summed E-state index contributed by atoms with van der Waals surface area (Å²) in [6.45, 7) is 1.01. The third-order valence-corrected chi connectivity index (χ3v) is 2.61. The molecule has 0 saturated heterocycles. The highest BCUT2D eigenvalue weighted by molar-refractivity contribution is 5.89. The van der Waals surface area contributed by atoms with E-state index in [2.05, 4.69) is 15.7 Å². The molecule has 20 heavy (non-hydrogen) atoms. The number of nitrogen functional groups attached to an aromatic ring is 1. The number of hydrogen-bond acceptors (Lipinski definition) is 4. The van der Waals surface area contributed by atoms with Crippen molar-refractivity contribution in [2.75, 3.05) is 24.7 Å². The van der Waals surface area contributed by atoms with Crippen LogP contribution in [0.2, 0.25) is 0 Å². The molecule has 0 aliphatic heterocycles. The fourth-order valence-electron chi connectivity index (χ4n) is 1.66. The number of nitrogens with zero attached hydrogens (tertiary/aromatic N) is 2. The van der Waals surface area contributed by atoms with E-state index in [0.29, 0.717) is 30.2 Å². The summed E-state index contributed by atoms with van der Waals surface area (Å²) in [5, 5.41) is 9.48. The zero-order valence-corrected chi connectivity index (χ0v) is 11.2. The Morgan fingerprint density at radius 2 is 2.35 bits per heavy atom. The van der Waals surface area contributed by atoms with Crippen molar-refractivity contribution in [2.24, 2.45) is 0 Å². The van der Waals surface area contributed by atoms with Crippen LogP contribution in [0.4, 0.5) is 16.2 Å². The fraction of sp³-hybridized carbons (Fsp3) is 0.231. The molecule has 1 aromatic carbocycles. The van der Waals surface area contributed by atoms with Gasteiger partial charge in [0.2, 0.25) is 0 Å². The van der Waals surface area contributed by atoms with Gasteiger partial charge in [0.05, 0.1) is 25.5 Å². The van der Waals surface area contributed by atoms with Gasteiger partial charge in [-0.2, -0.15) is 5.10 Å². The van der Waals surface area contributed by atoms with Crippen molar-refractivity contribution in [2.45, 2.75) is 6.54 Å². The highest BCUT2D eigenvalue weighted by Crippen LogP contribution is 2.16. The maximum Gasteiger partial charge on any atom is 0.319 e. The summed E-state index contributed by atoms with van der Waals surface area (Å²) in [6.07, 6.45) is 3.28.